The molecule has 6 nitrogen and oxygen atoms in total. The normalized spacial score (nSPS) is 23.2. The second-order valence-corrected chi connectivity index (χ2v) is 6.56. The number of fused-ring (bicyclic) bond motifs is 1. The van der Waals surface area contributed by atoms with Gasteiger partial charge in [0.15, 0.2) is 15.5 Å². The van der Waals surface area contributed by atoms with Gasteiger partial charge in [0.05, 0.1) is 29.5 Å². The van der Waals surface area contributed by atoms with Crippen molar-refractivity contribution in [3.63, 3.8) is 0 Å². The molecule has 2 aromatic heterocycles. The van der Waals surface area contributed by atoms with Crippen molar-refractivity contribution in [2.45, 2.75) is 18.1 Å². The fraction of sp³-hybridized carbons (Fsp3) is 0.400. The number of sulfone groups is 1. The van der Waals surface area contributed by atoms with Crippen molar-refractivity contribution in [3.05, 3.63) is 24.2 Å². The van der Waals surface area contributed by atoms with E-state index in [4.69, 9.17) is 5.73 Å². The molecule has 1 saturated heterocycles. The fourth-order valence-electron chi connectivity index (χ4n) is 2.19. The second kappa shape index (κ2) is 3.43. The van der Waals surface area contributed by atoms with Gasteiger partial charge in [-0.2, -0.15) is 5.10 Å². The van der Waals surface area contributed by atoms with Crippen molar-refractivity contribution >= 4 is 21.2 Å². The molecule has 0 aromatic carbocycles. The van der Waals surface area contributed by atoms with Crippen molar-refractivity contribution in [1.82, 2.24) is 14.6 Å². The molecule has 2 N–H and O–H groups in total. The predicted molar refractivity (Wildman–Crippen MR) is 63.2 cm³/mol. The van der Waals surface area contributed by atoms with E-state index in [1.54, 1.807) is 12.3 Å². The van der Waals surface area contributed by atoms with Crippen molar-refractivity contribution < 1.29 is 8.42 Å². The summed E-state index contributed by atoms with van der Waals surface area (Å²) in [4.78, 5) is 4.10. The predicted octanol–water partition coefficient (Wildman–Crippen LogP) is 0.561. The van der Waals surface area contributed by atoms with Gasteiger partial charge in [0.2, 0.25) is 0 Å². The number of rotatable bonds is 1. The minimum absolute atomic E-state index is 0.251. The summed E-state index contributed by atoms with van der Waals surface area (Å²) >= 11 is 0. The largest absolute Gasteiger partial charge is 0.396 e. The Labute approximate surface area is 98.4 Å². The molecule has 90 valence electrons. The topological polar surface area (TPSA) is 90.3 Å². The van der Waals surface area contributed by atoms with Crippen LogP contribution in [0.5, 0.6) is 0 Å². The van der Waals surface area contributed by atoms with Gasteiger partial charge in [0.25, 0.3) is 0 Å². The Morgan fingerprint density at radius 2 is 2.29 bits per heavy atom. The molecule has 3 rings (SSSR count). The van der Waals surface area contributed by atoms with Gasteiger partial charge in [-0.1, -0.05) is 0 Å². The van der Waals surface area contributed by atoms with Gasteiger partial charge in [-0.05, 0) is 12.8 Å². The lowest BCUT2D eigenvalue weighted by atomic mass is 10.2. The van der Waals surface area contributed by atoms with Crippen molar-refractivity contribution in [2.75, 3.05) is 11.5 Å². The Kier molecular flexibility index (Phi) is 2.12. The van der Waals surface area contributed by atoms with Gasteiger partial charge in [-0.3, -0.25) is 0 Å². The van der Waals surface area contributed by atoms with E-state index >= 15 is 0 Å². The lowest BCUT2D eigenvalue weighted by Crippen LogP contribution is -2.08. The Morgan fingerprint density at radius 1 is 1.47 bits per heavy atom. The third-order valence-corrected chi connectivity index (χ3v) is 5.21. The summed E-state index contributed by atoms with van der Waals surface area (Å²) in [5.41, 5.74) is 7.29. The molecular formula is C10H12N4O2S. The van der Waals surface area contributed by atoms with Crippen LogP contribution in [-0.2, 0) is 9.84 Å². The van der Waals surface area contributed by atoms with Crippen LogP contribution < -0.4 is 5.73 Å². The van der Waals surface area contributed by atoms with E-state index in [9.17, 15) is 8.42 Å². The molecule has 17 heavy (non-hydrogen) atoms. The van der Waals surface area contributed by atoms with Gasteiger partial charge in [-0.25, -0.2) is 17.9 Å². The summed E-state index contributed by atoms with van der Waals surface area (Å²) in [5.74, 6) is 0.251. The molecule has 1 aliphatic rings. The van der Waals surface area contributed by atoms with Gasteiger partial charge in [-0.15, -0.1) is 0 Å². The number of nitrogens with zero attached hydrogens (tertiary/aromatic N) is 3. The third kappa shape index (κ3) is 1.66. The number of anilines is 1. The highest BCUT2D eigenvalue weighted by molar-refractivity contribution is 7.91. The summed E-state index contributed by atoms with van der Waals surface area (Å²) < 4.78 is 25.1. The maximum Gasteiger partial charge on any atom is 0.158 e. The van der Waals surface area contributed by atoms with Gasteiger partial charge in [0.1, 0.15) is 5.25 Å². The van der Waals surface area contributed by atoms with Crippen LogP contribution in [-0.4, -0.2) is 28.8 Å². The Balaban J connectivity index is 2.12. The zero-order chi connectivity index (χ0) is 12.0. The molecule has 3 heterocycles. The summed E-state index contributed by atoms with van der Waals surface area (Å²) in [6.07, 6.45) is 4.51. The molecule has 0 aliphatic carbocycles. The third-order valence-electron chi connectivity index (χ3n) is 3.01. The van der Waals surface area contributed by atoms with Gasteiger partial charge >= 0.3 is 0 Å². The van der Waals surface area contributed by atoms with E-state index in [1.165, 1.54) is 10.7 Å². The summed E-state index contributed by atoms with van der Waals surface area (Å²) in [6.45, 7) is 0. The fourth-order valence-corrected chi connectivity index (χ4v) is 4.05. The summed E-state index contributed by atoms with van der Waals surface area (Å²) in [5, 5.41) is 3.77. The molecule has 1 fully saturated rings. The maximum absolute atomic E-state index is 11.8. The highest BCUT2D eigenvalue weighted by Gasteiger charge is 2.34. The van der Waals surface area contributed by atoms with Crippen LogP contribution in [0.3, 0.4) is 0 Å². The zero-order valence-electron chi connectivity index (χ0n) is 9.07. The van der Waals surface area contributed by atoms with Gasteiger partial charge < -0.3 is 5.73 Å². The van der Waals surface area contributed by atoms with Crippen molar-refractivity contribution in [3.8, 4) is 0 Å². The van der Waals surface area contributed by atoms with E-state index in [-0.39, 0.29) is 5.75 Å². The van der Waals surface area contributed by atoms with E-state index in [2.05, 4.69) is 10.1 Å². The zero-order valence-corrected chi connectivity index (χ0v) is 9.89. The monoisotopic (exact) mass is 252 g/mol. The molecule has 1 aliphatic heterocycles. The summed E-state index contributed by atoms with van der Waals surface area (Å²) in [7, 11) is -3.03. The molecule has 2 aromatic rings. The van der Waals surface area contributed by atoms with Crippen molar-refractivity contribution in [2.24, 2.45) is 0 Å². The molecule has 0 spiro atoms. The van der Waals surface area contributed by atoms with Crippen LogP contribution in [0.25, 0.3) is 5.65 Å². The first-order valence-corrected chi connectivity index (χ1v) is 7.10. The average molecular weight is 252 g/mol. The Bertz CT molecular complexity index is 677. The molecule has 7 heteroatoms. The molecule has 0 amide bonds. The van der Waals surface area contributed by atoms with Crippen LogP contribution in [0.4, 0.5) is 5.69 Å². The average Bonchev–Trinajstić information content (AvgIpc) is 2.79. The minimum atomic E-state index is -3.03. The van der Waals surface area contributed by atoms with Crippen LogP contribution in [0.2, 0.25) is 0 Å². The smallest absolute Gasteiger partial charge is 0.158 e. The van der Waals surface area contributed by atoms with E-state index < -0.39 is 15.1 Å². The first kappa shape index (κ1) is 10.5. The summed E-state index contributed by atoms with van der Waals surface area (Å²) in [6, 6.07) is 1.72. The van der Waals surface area contributed by atoms with Crippen LogP contribution in [0, 0.1) is 0 Å². The number of nitrogens with two attached hydrogens (primary N) is 1. The lowest BCUT2D eigenvalue weighted by molar-refractivity contribution is 0.590. The highest BCUT2D eigenvalue weighted by Crippen LogP contribution is 2.33. The number of aromatic nitrogens is 3. The quantitative estimate of drug-likeness (QED) is 0.801. The maximum atomic E-state index is 11.8. The standard InChI is InChI=1S/C10H12N4O2S/c11-7-5-12-10-4-8(13-14(10)6-7)9-2-1-3-17(9,15)16/h4-6,9H,1-3,11H2. The molecular weight excluding hydrogens is 240 g/mol. The molecule has 1 atom stereocenters. The first-order chi connectivity index (χ1) is 8.06. The molecule has 0 radical (unpaired) electrons. The van der Waals surface area contributed by atoms with Gasteiger partial charge in [0, 0.05) is 6.07 Å². The van der Waals surface area contributed by atoms with Crippen LogP contribution >= 0.6 is 0 Å². The number of hydrogen-bond donors (Lipinski definition) is 1. The first-order valence-electron chi connectivity index (χ1n) is 5.39. The van der Waals surface area contributed by atoms with Crippen LogP contribution in [0.1, 0.15) is 23.8 Å². The molecule has 1 unspecified atom stereocenters. The Hall–Kier alpha value is -1.63. The number of hydrogen-bond acceptors (Lipinski definition) is 5. The highest BCUT2D eigenvalue weighted by atomic mass is 32.2. The molecule has 0 bridgehead atoms. The lowest BCUT2D eigenvalue weighted by Gasteiger charge is -2.03. The van der Waals surface area contributed by atoms with E-state index in [0.29, 0.717) is 29.9 Å². The van der Waals surface area contributed by atoms with E-state index in [0.717, 1.165) is 0 Å². The van der Waals surface area contributed by atoms with Crippen molar-refractivity contribution in [1.29, 1.82) is 0 Å². The SMILES string of the molecule is Nc1cnc2cc(C3CCCS3(=O)=O)nn2c1. The number of nitrogen functional groups attached to an aromatic ring is 1. The Morgan fingerprint density at radius 3 is 3.00 bits per heavy atom. The second-order valence-electron chi connectivity index (χ2n) is 4.26. The van der Waals surface area contributed by atoms with Crippen LogP contribution in [0.15, 0.2) is 18.5 Å². The molecule has 0 saturated carbocycles. The van der Waals surface area contributed by atoms with E-state index in [1.807, 2.05) is 0 Å². The minimum Gasteiger partial charge on any atom is -0.396 e.